The number of anilines is 1. The molecule has 2 unspecified atom stereocenters. The SMILES string of the molecule is CC(O)C(C)Sc1ccnc2c(N)cccc12. The van der Waals surface area contributed by atoms with Crippen molar-refractivity contribution in [2.24, 2.45) is 0 Å². The van der Waals surface area contributed by atoms with Crippen LogP contribution in [0.25, 0.3) is 10.9 Å². The van der Waals surface area contributed by atoms with Gasteiger partial charge in [0, 0.05) is 21.7 Å². The van der Waals surface area contributed by atoms with E-state index < -0.39 is 0 Å². The van der Waals surface area contributed by atoms with E-state index in [0.717, 1.165) is 15.8 Å². The summed E-state index contributed by atoms with van der Waals surface area (Å²) in [5, 5.41) is 10.7. The number of nitrogen functional groups attached to an aromatic ring is 1. The van der Waals surface area contributed by atoms with Crippen LogP contribution in [0.5, 0.6) is 0 Å². The van der Waals surface area contributed by atoms with E-state index in [2.05, 4.69) is 4.98 Å². The molecule has 4 heteroatoms. The first-order valence-electron chi connectivity index (χ1n) is 5.57. The molecule has 0 spiro atoms. The lowest BCUT2D eigenvalue weighted by molar-refractivity contribution is 0.196. The zero-order valence-electron chi connectivity index (χ0n) is 9.92. The zero-order valence-corrected chi connectivity index (χ0v) is 10.7. The van der Waals surface area contributed by atoms with Gasteiger partial charge in [-0.2, -0.15) is 0 Å². The van der Waals surface area contributed by atoms with Gasteiger partial charge in [0.05, 0.1) is 17.3 Å². The van der Waals surface area contributed by atoms with Gasteiger partial charge >= 0.3 is 0 Å². The van der Waals surface area contributed by atoms with Gasteiger partial charge in [0.15, 0.2) is 0 Å². The second-order valence-electron chi connectivity index (χ2n) is 4.12. The second-order valence-corrected chi connectivity index (χ2v) is 5.54. The summed E-state index contributed by atoms with van der Waals surface area (Å²) in [4.78, 5) is 5.40. The van der Waals surface area contributed by atoms with Gasteiger partial charge in [0.25, 0.3) is 0 Å². The molecular formula is C13H16N2OS. The highest BCUT2D eigenvalue weighted by molar-refractivity contribution is 8.00. The molecule has 3 nitrogen and oxygen atoms in total. The molecule has 3 N–H and O–H groups in total. The Morgan fingerprint density at radius 1 is 1.29 bits per heavy atom. The Kier molecular flexibility index (Phi) is 3.54. The zero-order chi connectivity index (χ0) is 12.4. The van der Waals surface area contributed by atoms with Crippen molar-refractivity contribution in [3.8, 4) is 0 Å². The normalized spacial score (nSPS) is 14.8. The third-order valence-electron chi connectivity index (χ3n) is 2.75. The van der Waals surface area contributed by atoms with Gasteiger partial charge < -0.3 is 10.8 Å². The summed E-state index contributed by atoms with van der Waals surface area (Å²) in [5.41, 5.74) is 7.41. The first-order chi connectivity index (χ1) is 8.09. The molecule has 0 aliphatic rings. The minimum absolute atomic E-state index is 0.141. The molecule has 90 valence electrons. The van der Waals surface area contributed by atoms with Crippen molar-refractivity contribution >= 4 is 28.4 Å². The number of hydrogen-bond acceptors (Lipinski definition) is 4. The molecule has 17 heavy (non-hydrogen) atoms. The Balaban J connectivity index is 2.44. The molecular weight excluding hydrogens is 232 g/mol. The fourth-order valence-electron chi connectivity index (χ4n) is 1.58. The fraction of sp³-hybridized carbons (Fsp3) is 0.308. The second kappa shape index (κ2) is 4.94. The number of pyridine rings is 1. The van der Waals surface area contributed by atoms with Crippen molar-refractivity contribution in [1.29, 1.82) is 0 Å². The number of rotatable bonds is 3. The Morgan fingerprint density at radius 2 is 2.06 bits per heavy atom. The molecule has 0 aliphatic heterocycles. The van der Waals surface area contributed by atoms with Gasteiger partial charge in [0.2, 0.25) is 0 Å². The molecule has 0 fully saturated rings. The van der Waals surface area contributed by atoms with Gasteiger partial charge in [-0.15, -0.1) is 11.8 Å². The fourth-order valence-corrected chi connectivity index (χ4v) is 2.60. The van der Waals surface area contributed by atoms with Gasteiger partial charge in [-0.25, -0.2) is 0 Å². The molecule has 0 amide bonds. The lowest BCUT2D eigenvalue weighted by Gasteiger charge is -2.15. The lowest BCUT2D eigenvalue weighted by atomic mass is 10.2. The number of aliphatic hydroxyl groups excluding tert-OH is 1. The van der Waals surface area contributed by atoms with Crippen LogP contribution in [-0.2, 0) is 0 Å². The summed E-state index contributed by atoms with van der Waals surface area (Å²) in [6.45, 7) is 3.81. The predicted octanol–water partition coefficient (Wildman–Crippen LogP) is 2.68. The van der Waals surface area contributed by atoms with Crippen LogP contribution in [0.4, 0.5) is 5.69 Å². The van der Waals surface area contributed by atoms with Gasteiger partial charge in [-0.05, 0) is 19.1 Å². The molecule has 0 bridgehead atoms. The molecule has 2 aromatic rings. The van der Waals surface area contributed by atoms with Crippen molar-refractivity contribution in [3.63, 3.8) is 0 Å². The van der Waals surface area contributed by atoms with E-state index >= 15 is 0 Å². The van der Waals surface area contributed by atoms with E-state index in [1.807, 2.05) is 31.2 Å². The molecule has 0 saturated heterocycles. The number of nitrogens with two attached hydrogens (primary N) is 1. The van der Waals surface area contributed by atoms with E-state index in [1.165, 1.54) is 0 Å². The summed E-state index contributed by atoms with van der Waals surface area (Å²) >= 11 is 1.64. The maximum absolute atomic E-state index is 9.55. The van der Waals surface area contributed by atoms with Crippen LogP contribution in [0.1, 0.15) is 13.8 Å². The number of hydrogen-bond donors (Lipinski definition) is 2. The lowest BCUT2D eigenvalue weighted by Crippen LogP contribution is -2.14. The third kappa shape index (κ3) is 2.53. The van der Waals surface area contributed by atoms with Gasteiger partial charge in [0.1, 0.15) is 0 Å². The van der Waals surface area contributed by atoms with E-state index in [4.69, 9.17) is 5.73 Å². The largest absolute Gasteiger partial charge is 0.397 e. The number of aliphatic hydroxyl groups is 1. The number of para-hydroxylation sites is 1. The summed E-state index contributed by atoms with van der Waals surface area (Å²) in [6, 6.07) is 7.75. The van der Waals surface area contributed by atoms with Crippen molar-refractivity contribution in [2.45, 2.75) is 30.1 Å². The Labute approximate surface area is 105 Å². The van der Waals surface area contributed by atoms with Crippen LogP contribution in [0.3, 0.4) is 0 Å². The molecule has 0 aliphatic carbocycles. The molecule has 1 aromatic heterocycles. The van der Waals surface area contributed by atoms with Crippen LogP contribution in [0, 0.1) is 0 Å². The van der Waals surface area contributed by atoms with E-state index in [0.29, 0.717) is 5.69 Å². The summed E-state index contributed by atoms with van der Waals surface area (Å²) in [7, 11) is 0. The highest BCUT2D eigenvalue weighted by Gasteiger charge is 2.13. The van der Waals surface area contributed by atoms with E-state index in [-0.39, 0.29) is 11.4 Å². The average Bonchev–Trinajstić information content (AvgIpc) is 2.30. The number of nitrogens with zero attached hydrogens (tertiary/aromatic N) is 1. The highest BCUT2D eigenvalue weighted by Crippen LogP contribution is 2.32. The Morgan fingerprint density at radius 3 is 2.76 bits per heavy atom. The number of benzene rings is 1. The van der Waals surface area contributed by atoms with Crippen LogP contribution in [0.2, 0.25) is 0 Å². The van der Waals surface area contributed by atoms with E-state index in [1.54, 1.807) is 24.9 Å². The topological polar surface area (TPSA) is 59.1 Å². The van der Waals surface area contributed by atoms with Crippen LogP contribution >= 0.6 is 11.8 Å². The maximum Gasteiger partial charge on any atom is 0.0942 e. The first kappa shape index (κ1) is 12.2. The quantitative estimate of drug-likeness (QED) is 0.647. The van der Waals surface area contributed by atoms with Crippen LogP contribution in [0.15, 0.2) is 35.4 Å². The van der Waals surface area contributed by atoms with Gasteiger partial charge in [-0.3, -0.25) is 4.98 Å². The molecule has 2 rings (SSSR count). The monoisotopic (exact) mass is 248 g/mol. The van der Waals surface area contributed by atoms with Crippen molar-refractivity contribution in [1.82, 2.24) is 4.98 Å². The van der Waals surface area contributed by atoms with Crippen molar-refractivity contribution in [3.05, 3.63) is 30.5 Å². The molecule has 1 aromatic carbocycles. The third-order valence-corrected chi connectivity index (χ3v) is 4.13. The van der Waals surface area contributed by atoms with Gasteiger partial charge in [-0.1, -0.05) is 19.1 Å². The van der Waals surface area contributed by atoms with Crippen LogP contribution in [-0.4, -0.2) is 21.4 Å². The highest BCUT2D eigenvalue weighted by atomic mass is 32.2. The number of aromatic nitrogens is 1. The summed E-state index contributed by atoms with van der Waals surface area (Å²) in [5.74, 6) is 0. The standard InChI is InChI=1S/C13H16N2OS/c1-8(16)9(2)17-12-6-7-15-13-10(12)4-3-5-11(13)14/h3-9,16H,14H2,1-2H3. The minimum Gasteiger partial charge on any atom is -0.397 e. The molecule has 2 atom stereocenters. The summed E-state index contributed by atoms with van der Waals surface area (Å²) in [6.07, 6.45) is 1.42. The Hall–Kier alpha value is -1.26. The Bertz CT molecular complexity index is 528. The van der Waals surface area contributed by atoms with Crippen molar-refractivity contribution in [2.75, 3.05) is 5.73 Å². The van der Waals surface area contributed by atoms with Crippen LogP contribution < -0.4 is 5.73 Å². The van der Waals surface area contributed by atoms with E-state index in [9.17, 15) is 5.11 Å². The summed E-state index contributed by atoms with van der Waals surface area (Å²) < 4.78 is 0. The smallest absolute Gasteiger partial charge is 0.0942 e. The molecule has 0 saturated carbocycles. The average molecular weight is 248 g/mol. The minimum atomic E-state index is -0.343. The molecule has 0 radical (unpaired) electrons. The number of thioether (sulfide) groups is 1. The molecule has 1 heterocycles. The number of fused-ring (bicyclic) bond motifs is 1. The first-order valence-corrected chi connectivity index (χ1v) is 6.45. The predicted molar refractivity (Wildman–Crippen MR) is 73.2 cm³/mol. The van der Waals surface area contributed by atoms with Crippen molar-refractivity contribution < 1.29 is 5.11 Å². The maximum atomic E-state index is 9.55.